The van der Waals surface area contributed by atoms with Crippen LogP contribution in [0.5, 0.6) is 0 Å². The van der Waals surface area contributed by atoms with Crippen molar-refractivity contribution in [3.63, 3.8) is 0 Å². The lowest BCUT2D eigenvalue weighted by molar-refractivity contribution is 0.0846. The lowest BCUT2D eigenvalue weighted by Gasteiger charge is -2.19. The lowest BCUT2D eigenvalue weighted by atomic mass is 9.90. The van der Waals surface area contributed by atoms with E-state index >= 15 is 0 Å². The molecule has 1 N–H and O–H groups in total. The van der Waals surface area contributed by atoms with Crippen LogP contribution >= 0.6 is 11.6 Å². The monoisotopic (exact) mass is 281 g/mol. The van der Waals surface area contributed by atoms with Crippen LogP contribution in [0.15, 0.2) is 42.5 Å². The van der Waals surface area contributed by atoms with Gasteiger partial charge in [0, 0.05) is 5.39 Å². The molecule has 0 unspecified atom stereocenters. The Balaban J connectivity index is 2.36. The van der Waals surface area contributed by atoms with Gasteiger partial charge in [-0.3, -0.25) is 14.9 Å². The van der Waals surface area contributed by atoms with Gasteiger partial charge in [-0.25, -0.2) is 0 Å². The third-order valence-corrected chi connectivity index (χ3v) is 3.97. The Morgan fingerprint density at radius 1 is 0.850 bits per heavy atom. The van der Waals surface area contributed by atoms with E-state index in [0.29, 0.717) is 21.5 Å². The molecule has 3 nitrogen and oxygen atoms in total. The maximum atomic E-state index is 12.2. The number of benzene rings is 3. The Bertz CT molecular complexity index is 931. The Labute approximate surface area is 119 Å². The summed E-state index contributed by atoms with van der Waals surface area (Å²) in [6.45, 7) is 0. The number of carbonyl (C=O) groups excluding carboxylic acids is 2. The van der Waals surface area contributed by atoms with E-state index in [2.05, 4.69) is 5.32 Å². The fourth-order valence-electron chi connectivity index (χ4n) is 2.82. The zero-order valence-electron chi connectivity index (χ0n) is 10.2. The van der Waals surface area contributed by atoms with Crippen LogP contribution in [0.25, 0.3) is 21.5 Å². The molecule has 0 aliphatic carbocycles. The summed E-state index contributed by atoms with van der Waals surface area (Å²) in [5, 5.41) is 6.01. The summed E-state index contributed by atoms with van der Waals surface area (Å²) in [7, 11) is 0. The Kier molecular flexibility index (Phi) is 2.18. The number of hydrogen-bond acceptors (Lipinski definition) is 2. The van der Waals surface area contributed by atoms with Crippen molar-refractivity contribution in [3.05, 3.63) is 58.6 Å². The molecule has 1 aliphatic heterocycles. The van der Waals surface area contributed by atoms with Crippen LogP contribution in [-0.2, 0) is 0 Å². The molecule has 1 heterocycles. The molecular weight excluding hydrogens is 274 g/mol. The molecule has 0 fully saturated rings. The van der Waals surface area contributed by atoms with Crippen LogP contribution in [0.2, 0.25) is 5.02 Å². The highest BCUT2D eigenvalue weighted by atomic mass is 35.5. The first-order valence-corrected chi connectivity index (χ1v) is 6.54. The second kappa shape index (κ2) is 3.81. The molecule has 0 aromatic heterocycles. The molecule has 0 saturated heterocycles. The highest BCUT2D eigenvalue weighted by Crippen LogP contribution is 2.36. The maximum Gasteiger partial charge on any atom is 0.260 e. The van der Waals surface area contributed by atoms with Gasteiger partial charge < -0.3 is 0 Å². The zero-order valence-corrected chi connectivity index (χ0v) is 11.0. The summed E-state index contributed by atoms with van der Waals surface area (Å²) in [5.74, 6) is -0.806. The molecule has 2 amide bonds. The number of halogens is 1. The van der Waals surface area contributed by atoms with Gasteiger partial charge in [-0.15, -0.1) is 0 Å². The van der Waals surface area contributed by atoms with Crippen LogP contribution in [0.1, 0.15) is 20.7 Å². The summed E-state index contributed by atoms with van der Waals surface area (Å²) in [5.41, 5.74) is 0.903. The van der Waals surface area contributed by atoms with Crippen LogP contribution in [0.4, 0.5) is 0 Å². The molecule has 0 atom stereocenters. The summed E-state index contributed by atoms with van der Waals surface area (Å²) in [6, 6.07) is 13.1. The average molecular weight is 282 g/mol. The summed E-state index contributed by atoms with van der Waals surface area (Å²) < 4.78 is 0. The van der Waals surface area contributed by atoms with Crippen LogP contribution in [0.3, 0.4) is 0 Å². The molecule has 20 heavy (non-hydrogen) atoms. The van der Waals surface area contributed by atoms with Crippen molar-refractivity contribution in [3.8, 4) is 0 Å². The van der Waals surface area contributed by atoms with Gasteiger partial charge in [-0.2, -0.15) is 0 Å². The molecule has 0 saturated carbocycles. The van der Waals surface area contributed by atoms with E-state index in [1.165, 1.54) is 0 Å². The molecule has 3 aromatic carbocycles. The summed E-state index contributed by atoms with van der Waals surface area (Å²) in [6.07, 6.45) is 0. The van der Waals surface area contributed by atoms with Gasteiger partial charge in [-0.1, -0.05) is 41.9 Å². The van der Waals surface area contributed by atoms with Gasteiger partial charge in [0.15, 0.2) is 0 Å². The zero-order chi connectivity index (χ0) is 13.9. The van der Waals surface area contributed by atoms with Crippen molar-refractivity contribution in [1.82, 2.24) is 5.32 Å². The Morgan fingerprint density at radius 3 is 2.45 bits per heavy atom. The van der Waals surface area contributed by atoms with Crippen molar-refractivity contribution in [1.29, 1.82) is 0 Å². The first kappa shape index (κ1) is 11.4. The fraction of sp³-hybridized carbons (Fsp3) is 0. The maximum absolute atomic E-state index is 12.2. The normalized spacial score (nSPS) is 13.8. The number of nitrogens with one attached hydrogen (secondary N) is 1. The predicted molar refractivity (Wildman–Crippen MR) is 78.3 cm³/mol. The van der Waals surface area contributed by atoms with E-state index in [9.17, 15) is 9.59 Å². The van der Waals surface area contributed by atoms with Crippen molar-refractivity contribution in [2.75, 3.05) is 0 Å². The Morgan fingerprint density at radius 2 is 1.60 bits per heavy atom. The van der Waals surface area contributed by atoms with E-state index in [1.807, 2.05) is 36.4 Å². The number of rotatable bonds is 0. The van der Waals surface area contributed by atoms with Gasteiger partial charge in [0.05, 0.1) is 16.1 Å². The number of imide groups is 1. The third kappa shape index (κ3) is 1.35. The lowest BCUT2D eigenvalue weighted by Crippen LogP contribution is -2.35. The minimum absolute atomic E-state index is 0.360. The number of carbonyl (C=O) groups is 2. The van der Waals surface area contributed by atoms with Gasteiger partial charge in [0.25, 0.3) is 11.8 Å². The highest BCUT2D eigenvalue weighted by Gasteiger charge is 2.28. The van der Waals surface area contributed by atoms with Gasteiger partial charge in [0.1, 0.15) is 0 Å². The van der Waals surface area contributed by atoms with Crippen molar-refractivity contribution in [2.45, 2.75) is 0 Å². The third-order valence-electron chi connectivity index (χ3n) is 3.66. The molecule has 0 radical (unpaired) electrons. The molecule has 0 spiro atoms. The van der Waals surface area contributed by atoms with Crippen molar-refractivity contribution < 1.29 is 9.59 Å². The molecule has 96 valence electrons. The first-order valence-electron chi connectivity index (χ1n) is 6.16. The largest absolute Gasteiger partial charge is 0.288 e. The fourth-order valence-corrected chi connectivity index (χ4v) is 3.06. The van der Waals surface area contributed by atoms with E-state index in [1.54, 1.807) is 6.07 Å². The predicted octanol–water partition coefficient (Wildman–Crippen LogP) is 3.53. The average Bonchev–Trinajstić information content (AvgIpc) is 2.44. The van der Waals surface area contributed by atoms with Gasteiger partial charge >= 0.3 is 0 Å². The molecule has 1 aliphatic rings. The van der Waals surface area contributed by atoms with E-state index < -0.39 is 5.91 Å². The second-order valence-electron chi connectivity index (χ2n) is 4.78. The molecule has 0 bridgehead atoms. The van der Waals surface area contributed by atoms with Gasteiger partial charge in [-0.05, 0) is 28.3 Å². The number of fused-ring (bicyclic) bond motifs is 2. The van der Waals surface area contributed by atoms with E-state index in [-0.39, 0.29) is 5.91 Å². The van der Waals surface area contributed by atoms with Crippen LogP contribution < -0.4 is 5.32 Å². The molecule has 4 rings (SSSR count). The number of hydrogen-bond donors (Lipinski definition) is 1. The minimum Gasteiger partial charge on any atom is -0.288 e. The van der Waals surface area contributed by atoms with Crippen LogP contribution in [-0.4, -0.2) is 11.8 Å². The van der Waals surface area contributed by atoms with Crippen molar-refractivity contribution in [2.24, 2.45) is 0 Å². The summed E-state index contributed by atoms with van der Waals surface area (Å²) in [4.78, 5) is 24.3. The topological polar surface area (TPSA) is 46.2 Å². The SMILES string of the molecule is O=C1NC(=O)c2c3ccccc3cc3ccc(Cl)c1c23. The molecule has 3 aromatic rings. The van der Waals surface area contributed by atoms with Crippen molar-refractivity contribution >= 4 is 45.0 Å². The quantitative estimate of drug-likeness (QED) is 0.506. The van der Waals surface area contributed by atoms with Gasteiger partial charge in [0.2, 0.25) is 0 Å². The Hall–Kier alpha value is -2.39. The van der Waals surface area contributed by atoms with E-state index in [0.717, 1.165) is 16.2 Å². The molecule has 4 heteroatoms. The second-order valence-corrected chi connectivity index (χ2v) is 5.18. The number of amides is 2. The molecular formula is C16H8ClNO2. The smallest absolute Gasteiger partial charge is 0.260 e. The standard InChI is InChI=1S/C16H8ClNO2/c17-11-6-5-9-7-8-3-1-2-4-10(8)13-12(9)14(11)16(20)18-15(13)19/h1-7H,(H,18,19,20). The minimum atomic E-state index is -0.437. The van der Waals surface area contributed by atoms with Crippen LogP contribution in [0, 0.1) is 0 Å². The highest BCUT2D eigenvalue weighted by molar-refractivity contribution is 6.39. The van der Waals surface area contributed by atoms with E-state index in [4.69, 9.17) is 11.6 Å². The first-order chi connectivity index (χ1) is 9.66. The summed E-state index contributed by atoms with van der Waals surface area (Å²) >= 11 is 6.13.